The monoisotopic (exact) mass is 277 g/mol. The number of carboxylic acids is 1. The van der Waals surface area contributed by atoms with E-state index in [0.29, 0.717) is 0 Å². The molecule has 1 unspecified atom stereocenters. The first-order chi connectivity index (χ1) is 8.86. The first-order valence-electron chi connectivity index (χ1n) is 5.50. The molecule has 0 radical (unpaired) electrons. The minimum Gasteiger partial charge on any atom is -0.480 e. The van der Waals surface area contributed by atoms with Gasteiger partial charge in [0.15, 0.2) is 0 Å². The second-order valence-electron chi connectivity index (χ2n) is 3.86. The molecule has 1 aromatic carbocycles. The fourth-order valence-electron chi connectivity index (χ4n) is 1.54. The lowest BCUT2D eigenvalue weighted by molar-refractivity contribution is -0.139. The zero-order valence-corrected chi connectivity index (χ0v) is 10.2. The first-order valence-corrected chi connectivity index (χ1v) is 5.50. The van der Waals surface area contributed by atoms with Gasteiger partial charge >= 0.3 is 12.1 Å². The van der Waals surface area contributed by atoms with E-state index in [9.17, 15) is 18.0 Å². The van der Waals surface area contributed by atoms with E-state index in [0.717, 1.165) is 6.07 Å². The van der Waals surface area contributed by atoms with Crippen LogP contribution in [0, 0.1) is 0 Å². The summed E-state index contributed by atoms with van der Waals surface area (Å²) in [5.41, 5.74) is -1.14. The molecule has 1 rings (SSSR count). The van der Waals surface area contributed by atoms with E-state index < -0.39 is 23.8 Å². The summed E-state index contributed by atoms with van der Waals surface area (Å²) in [4.78, 5) is 11.0. The van der Waals surface area contributed by atoms with Gasteiger partial charge in [-0.1, -0.05) is 12.1 Å². The average Bonchev–Trinajstić information content (AvgIpc) is 2.33. The lowest BCUT2D eigenvalue weighted by atomic mass is 10.1. The van der Waals surface area contributed by atoms with Crippen molar-refractivity contribution in [2.24, 2.45) is 0 Å². The Balaban J connectivity index is 2.93. The molecule has 19 heavy (non-hydrogen) atoms. The number of rotatable bonds is 6. The van der Waals surface area contributed by atoms with Gasteiger partial charge in [0.25, 0.3) is 0 Å². The number of carboxylic acid groups (broad SMARTS) is 1. The highest BCUT2D eigenvalue weighted by molar-refractivity contribution is 5.77. The quantitative estimate of drug-likeness (QED) is 0.839. The summed E-state index contributed by atoms with van der Waals surface area (Å²) in [5, 5.41) is 11.3. The van der Waals surface area contributed by atoms with Crippen molar-refractivity contribution in [3.8, 4) is 0 Å². The van der Waals surface area contributed by atoms with Crippen LogP contribution in [0.3, 0.4) is 0 Å². The Morgan fingerprint density at radius 3 is 2.58 bits per heavy atom. The van der Waals surface area contributed by atoms with Gasteiger partial charge in [0.05, 0.1) is 5.56 Å². The number of nitrogens with one attached hydrogen (secondary N) is 1. The van der Waals surface area contributed by atoms with E-state index in [1.807, 2.05) is 0 Å². The second-order valence-corrected chi connectivity index (χ2v) is 3.86. The molecule has 0 fully saturated rings. The third-order valence-electron chi connectivity index (χ3n) is 2.47. The van der Waals surface area contributed by atoms with Crippen molar-refractivity contribution in [2.75, 3.05) is 19.0 Å². The highest BCUT2D eigenvalue weighted by Gasteiger charge is 2.34. The van der Waals surface area contributed by atoms with Gasteiger partial charge in [-0.15, -0.1) is 0 Å². The average molecular weight is 277 g/mol. The molecule has 106 valence electrons. The van der Waals surface area contributed by atoms with Crippen molar-refractivity contribution in [3.05, 3.63) is 29.8 Å². The zero-order chi connectivity index (χ0) is 14.5. The molecule has 2 N–H and O–H groups in total. The third-order valence-corrected chi connectivity index (χ3v) is 2.47. The number of halogens is 3. The van der Waals surface area contributed by atoms with Crippen LogP contribution >= 0.6 is 0 Å². The van der Waals surface area contributed by atoms with Crippen LogP contribution in [0.5, 0.6) is 0 Å². The summed E-state index contributed by atoms with van der Waals surface area (Å²) in [6.07, 6.45) is -4.47. The van der Waals surface area contributed by atoms with E-state index in [-0.39, 0.29) is 18.7 Å². The van der Waals surface area contributed by atoms with Gasteiger partial charge in [0.1, 0.15) is 6.04 Å². The molecule has 0 aliphatic heterocycles. The Labute approximate surface area is 108 Å². The normalized spacial score (nSPS) is 13.1. The van der Waals surface area contributed by atoms with Crippen LogP contribution in [0.4, 0.5) is 18.9 Å². The van der Waals surface area contributed by atoms with E-state index in [1.54, 1.807) is 0 Å². The predicted molar refractivity (Wildman–Crippen MR) is 63.0 cm³/mol. The number of para-hydroxylation sites is 1. The van der Waals surface area contributed by atoms with Gasteiger partial charge in [-0.3, -0.25) is 0 Å². The molecule has 1 atom stereocenters. The van der Waals surface area contributed by atoms with Gasteiger partial charge in [0, 0.05) is 25.8 Å². The molecular formula is C12H14F3NO3. The summed E-state index contributed by atoms with van der Waals surface area (Å²) in [6, 6.07) is 3.62. The van der Waals surface area contributed by atoms with Crippen LogP contribution in [0.1, 0.15) is 12.0 Å². The second kappa shape index (κ2) is 6.42. The van der Waals surface area contributed by atoms with Crippen molar-refractivity contribution in [3.63, 3.8) is 0 Å². The Kier molecular flexibility index (Phi) is 5.17. The molecule has 0 saturated heterocycles. The molecule has 7 heteroatoms. The smallest absolute Gasteiger partial charge is 0.418 e. The van der Waals surface area contributed by atoms with Gasteiger partial charge < -0.3 is 15.2 Å². The van der Waals surface area contributed by atoms with E-state index in [4.69, 9.17) is 9.84 Å². The lowest BCUT2D eigenvalue weighted by Crippen LogP contribution is -2.31. The van der Waals surface area contributed by atoms with E-state index >= 15 is 0 Å². The zero-order valence-electron chi connectivity index (χ0n) is 10.2. The molecule has 0 bridgehead atoms. The molecule has 0 amide bonds. The Morgan fingerprint density at radius 1 is 1.42 bits per heavy atom. The number of carbonyl (C=O) groups is 1. The van der Waals surface area contributed by atoms with Crippen LogP contribution < -0.4 is 5.32 Å². The maximum absolute atomic E-state index is 12.7. The number of anilines is 1. The summed E-state index contributed by atoms with van der Waals surface area (Å²) < 4.78 is 43.0. The topological polar surface area (TPSA) is 58.6 Å². The molecular weight excluding hydrogens is 263 g/mol. The molecule has 4 nitrogen and oxygen atoms in total. The van der Waals surface area contributed by atoms with Gasteiger partial charge in [-0.05, 0) is 12.1 Å². The third kappa shape index (κ3) is 4.44. The van der Waals surface area contributed by atoms with E-state index in [1.165, 1.54) is 25.3 Å². The molecule has 0 saturated carbocycles. The number of alkyl halides is 3. The van der Waals surface area contributed by atoms with Gasteiger partial charge in [-0.25, -0.2) is 4.79 Å². The predicted octanol–water partition coefficient (Wildman–Crippen LogP) is 2.61. The Bertz CT molecular complexity index is 434. The number of hydrogen-bond donors (Lipinski definition) is 2. The highest BCUT2D eigenvalue weighted by atomic mass is 19.4. The lowest BCUT2D eigenvalue weighted by Gasteiger charge is -2.19. The Hall–Kier alpha value is -1.76. The van der Waals surface area contributed by atoms with Crippen molar-refractivity contribution in [1.82, 2.24) is 0 Å². The van der Waals surface area contributed by atoms with Crippen molar-refractivity contribution < 1.29 is 27.8 Å². The molecule has 0 heterocycles. The summed E-state index contributed by atoms with van der Waals surface area (Å²) in [5.74, 6) is -1.23. The number of methoxy groups -OCH3 is 1. The SMILES string of the molecule is COCCC(Nc1ccccc1C(F)(F)F)C(=O)O. The van der Waals surface area contributed by atoms with Crippen molar-refractivity contribution in [1.29, 1.82) is 0 Å². The molecule has 1 aromatic rings. The van der Waals surface area contributed by atoms with E-state index in [2.05, 4.69) is 5.32 Å². The Morgan fingerprint density at radius 2 is 2.05 bits per heavy atom. The number of benzene rings is 1. The first kappa shape index (κ1) is 15.3. The molecule has 0 aliphatic carbocycles. The van der Waals surface area contributed by atoms with Gasteiger partial charge in [0.2, 0.25) is 0 Å². The number of aliphatic carboxylic acids is 1. The highest BCUT2D eigenvalue weighted by Crippen LogP contribution is 2.34. The van der Waals surface area contributed by atoms with Gasteiger partial charge in [-0.2, -0.15) is 13.2 Å². The van der Waals surface area contributed by atoms with Crippen LogP contribution in [0.2, 0.25) is 0 Å². The fourth-order valence-corrected chi connectivity index (χ4v) is 1.54. The van der Waals surface area contributed by atoms with Crippen molar-refractivity contribution >= 4 is 11.7 Å². The molecule has 0 aromatic heterocycles. The minimum atomic E-state index is -4.53. The maximum atomic E-state index is 12.7. The summed E-state index contributed by atoms with van der Waals surface area (Å²) in [6.45, 7) is 0.137. The summed E-state index contributed by atoms with van der Waals surface area (Å²) in [7, 11) is 1.39. The molecule has 0 spiro atoms. The van der Waals surface area contributed by atoms with Crippen LogP contribution in [-0.4, -0.2) is 30.8 Å². The maximum Gasteiger partial charge on any atom is 0.418 e. The standard InChI is InChI=1S/C12H14F3NO3/c1-19-7-6-10(11(17)18)16-9-5-3-2-4-8(9)12(13,14)15/h2-5,10,16H,6-7H2,1H3,(H,17,18). The van der Waals surface area contributed by atoms with Crippen LogP contribution in [-0.2, 0) is 15.7 Å². The number of hydrogen-bond acceptors (Lipinski definition) is 3. The molecule has 0 aliphatic rings. The van der Waals surface area contributed by atoms with Crippen LogP contribution in [0.15, 0.2) is 24.3 Å². The van der Waals surface area contributed by atoms with Crippen molar-refractivity contribution in [2.45, 2.75) is 18.6 Å². The number of ether oxygens (including phenoxy) is 1. The minimum absolute atomic E-state index is 0.0675. The largest absolute Gasteiger partial charge is 0.480 e. The fraction of sp³-hybridized carbons (Fsp3) is 0.417. The van der Waals surface area contributed by atoms with Crippen LogP contribution in [0.25, 0.3) is 0 Å². The summed E-state index contributed by atoms with van der Waals surface area (Å²) >= 11 is 0.